The van der Waals surface area contributed by atoms with Crippen LogP contribution in [0.3, 0.4) is 0 Å². The molecule has 0 aliphatic heterocycles. The average molecular weight is 315 g/mol. The molecule has 0 bridgehead atoms. The van der Waals surface area contributed by atoms with Crippen LogP contribution in [-0.4, -0.2) is 27.4 Å². The molecule has 1 aromatic carbocycles. The quantitative estimate of drug-likeness (QED) is 0.608. The van der Waals surface area contributed by atoms with Crippen molar-refractivity contribution in [1.29, 1.82) is 0 Å². The van der Waals surface area contributed by atoms with E-state index >= 15 is 0 Å². The van der Waals surface area contributed by atoms with Gasteiger partial charge in [0.2, 0.25) is 0 Å². The van der Waals surface area contributed by atoms with Crippen LogP contribution < -0.4 is 5.30 Å². The normalized spacial score (nSPS) is 21.0. The molecule has 1 fully saturated rings. The van der Waals surface area contributed by atoms with Crippen LogP contribution >= 0.6 is 5.74 Å². The van der Waals surface area contributed by atoms with Crippen molar-refractivity contribution < 1.29 is 4.52 Å². The fraction of sp³-hybridized carbons (Fsp3) is 0.571. The van der Waals surface area contributed by atoms with E-state index in [1.807, 2.05) is 0 Å². The Bertz CT molecular complexity index is 384. The van der Waals surface area contributed by atoms with Gasteiger partial charge in [-0.3, -0.25) is 0 Å². The Hall–Kier alpha value is 0.129. The summed E-state index contributed by atoms with van der Waals surface area (Å²) in [6.07, 6.45) is 6.80. The Balaban J connectivity index is 2.28. The van der Waals surface area contributed by atoms with Gasteiger partial charge < -0.3 is 0 Å². The number of hydrogen-bond acceptors (Lipinski definition) is 1. The van der Waals surface area contributed by atoms with Crippen LogP contribution in [0.25, 0.3) is 0 Å². The second-order valence-corrected chi connectivity index (χ2v) is 10.8. The number of hydrogen-bond donors (Lipinski definition) is 0. The predicted octanol–water partition coefficient (Wildman–Crippen LogP) is 3.70. The molecule has 0 radical (unpaired) electrons. The van der Waals surface area contributed by atoms with Crippen molar-refractivity contribution in [2.24, 2.45) is 0 Å². The monoisotopic (exact) mass is 316 g/mol. The zero-order valence-electron chi connectivity index (χ0n) is 10.5. The maximum atomic E-state index is 6.21. The van der Waals surface area contributed by atoms with Gasteiger partial charge in [0.15, 0.2) is 0 Å². The van der Waals surface area contributed by atoms with Gasteiger partial charge in [-0.05, 0) is 0 Å². The van der Waals surface area contributed by atoms with Crippen molar-refractivity contribution in [3.63, 3.8) is 0 Å². The Morgan fingerprint density at radius 1 is 1.18 bits per heavy atom. The first-order chi connectivity index (χ1) is 8.27. The van der Waals surface area contributed by atoms with Crippen molar-refractivity contribution in [2.45, 2.75) is 44.7 Å². The van der Waals surface area contributed by atoms with Crippen LogP contribution in [0.2, 0.25) is 0 Å². The van der Waals surface area contributed by atoms with Crippen LogP contribution in [0.15, 0.2) is 30.3 Å². The summed E-state index contributed by atoms with van der Waals surface area (Å²) in [7, 11) is 0. The van der Waals surface area contributed by atoms with E-state index in [2.05, 4.69) is 52.4 Å². The zero-order valence-corrected chi connectivity index (χ0v) is 13.1. The van der Waals surface area contributed by atoms with E-state index in [9.17, 15) is 0 Å². The molecule has 1 saturated carbocycles. The molecule has 1 aliphatic carbocycles. The van der Waals surface area contributed by atoms with Crippen molar-refractivity contribution >= 4 is 26.1 Å². The molecule has 0 unspecified atom stereocenters. The van der Waals surface area contributed by atoms with E-state index in [1.54, 1.807) is 0 Å². The SMILES string of the molecule is CCO[P@@](=[Se])(c1ccccc1)C1CCCCC1. The number of benzene rings is 1. The van der Waals surface area contributed by atoms with Crippen molar-refractivity contribution in [3.8, 4) is 0 Å². The first kappa shape index (κ1) is 13.6. The van der Waals surface area contributed by atoms with E-state index < -0.39 is 5.74 Å². The Labute approximate surface area is 112 Å². The van der Waals surface area contributed by atoms with Crippen LogP contribution in [0.5, 0.6) is 0 Å². The molecule has 0 heterocycles. The molecule has 0 N–H and O–H groups in total. The van der Waals surface area contributed by atoms with E-state index in [0.717, 1.165) is 12.3 Å². The van der Waals surface area contributed by atoms with Gasteiger partial charge in [-0.15, -0.1) is 0 Å². The second kappa shape index (κ2) is 6.34. The first-order valence-corrected chi connectivity index (χ1v) is 10.6. The van der Waals surface area contributed by atoms with Gasteiger partial charge in [0.05, 0.1) is 0 Å². The fourth-order valence-corrected chi connectivity index (χ4v) is 8.19. The van der Waals surface area contributed by atoms with Gasteiger partial charge in [0, 0.05) is 0 Å². The summed E-state index contributed by atoms with van der Waals surface area (Å²) in [6, 6.07) is 10.8. The van der Waals surface area contributed by atoms with Gasteiger partial charge in [0.25, 0.3) is 0 Å². The average Bonchev–Trinajstić information content (AvgIpc) is 2.41. The van der Waals surface area contributed by atoms with Gasteiger partial charge in [-0.1, -0.05) is 0 Å². The second-order valence-electron chi connectivity index (χ2n) is 4.64. The molecular formula is C14H21OPSe. The third-order valence-corrected chi connectivity index (χ3v) is 10.5. The van der Waals surface area contributed by atoms with Crippen LogP contribution in [0.1, 0.15) is 39.0 Å². The minimum absolute atomic E-state index is 0.735. The molecule has 1 aliphatic rings. The molecule has 0 saturated heterocycles. The molecule has 0 amide bonds. The standard InChI is InChI=1S/C14H21OPSe/c1-2-15-16(17,13-9-5-3-6-10-13)14-11-7-4-8-12-14/h3,5-6,9-10,14H,2,4,7-8,11-12H2,1H3/t16-/m1/s1. The van der Waals surface area contributed by atoms with Crippen molar-refractivity contribution in [2.75, 3.05) is 6.61 Å². The van der Waals surface area contributed by atoms with Gasteiger partial charge in [0.1, 0.15) is 0 Å². The van der Waals surface area contributed by atoms with Crippen LogP contribution in [0.4, 0.5) is 0 Å². The molecule has 17 heavy (non-hydrogen) atoms. The zero-order chi connectivity index (χ0) is 12.1. The first-order valence-electron chi connectivity index (χ1n) is 6.57. The molecule has 2 rings (SSSR count). The van der Waals surface area contributed by atoms with Crippen LogP contribution in [0, 0.1) is 0 Å². The molecule has 1 atom stereocenters. The topological polar surface area (TPSA) is 9.23 Å². The van der Waals surface area contributed by atoms with Gasteiger partial charge in [-0.2, -0.15) is 0 Å². The summed E-state index contributed by atoms with van der Waals surface area (Å²) >= 11 is 3.47. The Morgan fingerprint density at radius 2 is 1.82 bits per heavy atom. The summed E-state index contributed by atoms with van der Waals surface area (Å²) in [5, 5.41) is 1.40. The van der Waals surface area contributed by atoms with E-state index in [4.69, 9.17) is 4.52 Å². The summed E-state index contributed by atoms with van der Waals surface area (Å²) in [4.78, 5) is 0. The minimum atomic E-state index is -1.52. The Morgan fingerprint density at radius 3 is 2.41 bits per heavy atom. The number of rotatable bonds is 4. The summed E-state index contributed by atoms with van der Waals surface area (Å²) in [6.45, 7) is 2.92. The van der Waals surface area contributed by atoms with Crippen molar-refractivity contribution in [3.05, 3.63) is 30.3 Å². The fourth-order valence-electron chi connectivity index (χ4n) is 2.64. The summed E-state index contributed by atoms with van der Waals surface area (Å²) in [5.41, 5.74) is -0.787. The van der Waals surface area contributed by atoms with E-state index in [-0.39, 0.29) is 0 Å². The summed E-state index contributed by atoms with van der Waals surface area (Å²) < 4.78 is 6.21. The van der Waals surface area contributed by atoms with Gasteiger partial charge in [-0.25, -0.2) is 0 Å². The molecule has 1 nitrogen and oxygen atoms in total. The third kappa shape index (κ3) is 3.12. The summed E-state index contributed by atoms with van der Waals surface area (Å²) in [5.74, 6) is 0. The maximum absolute atomic E-state index is 6.21. The van der Waals surface area contributed by atoms with Gasteiger partial charge >= 0.3 is 112 Å². The van der Waals surface area contributed by atoms with Crippen molar-refractivity contribution in [1.82, 2.24) is 0 Å². The molecular weight excluding hydrogens is 294 g/mol. The predicted molar refractivity (Wildman–Crippen MR) is 77.2 cm³/mol. The van der Waals surface area contributed by atoms with E-state index in [1.165, 1.54) is 37.4 Å². The van der Waals surface area contributed by atoms with Crippen LogP contribution in [-0.2, 0) is 4.52 Å². The molecule has 3 heteroatoms. The molecule has 0 aromatic heterocycles. The van der Waals surface area contributed by atoms with E-state index in [0.29, 0.717) is 0 Å². The Kier molecular flexibility index (Phi) is 5.06. The molecule has 94 valence electrons. The molecule has 0 spiro atoms. The third-order valence-electron chi connectivity index (χ3n) is 3.49. The molecule has 1 aromatic rings.